The molecule has 5 nitrogen and oxygen atoms in total. The molecule has 0 rings (SSSR count). The molecule has 0 fully saturated rings. The van der Waals surface area contributed by atoms with E-state index in [-0.39, 0.29) is 12.0 Å². The van der Waals surface area contributed by atoms with Crippen molar-refractivity contribution in [3.05, 3.63) is 12.7 Å². The number of carbonyl (C=O) groups excluding carboxylic acids is 1. The minimum absolute atomic E-state index is 0.187. The molecule has 0 heterocycles. The SMILES string of the molecule is C=CC(C)NC(=O)NC(CC(C)C)C(=O)O. The van der Waals surface area contributed by atoms with Crippen molar-refractivity contribution in [2.45, 2.75) is 39.3 Å². The number of aliphatic carboxylic acids is 1. The van der Waals surface area contributed by atoms with Crippen LogP contribution in [0.3, 0.4) is 0 Å². The molecule has 16 heavy (non-hydrogen) atoms. The Balaban J connectivity index is 4.23. The van der Waals surface area contributed by atoms with Crippen molar-refractivity contribution >= 4 is 12.0 Å². The van der Waals surface area contributed by atoms with Gasteiger partial charge >= 0.3 is 12.0 Å². The summed E-state index contributed by atoms with van der Waals surface area (Å²) in [6, 6.07) is -1.52. The van der Waals surface area contributed by atoms with E-state index in [1.807, 2.05) is 13.8 Å². The van der Waals surface area contributed by atoms with E-state index in [4.69, 9.17) is 5.11 Å². The van der Waals surface area contributed by atoms with Crippen LogP contribution in [0.5, 0.6) is 0 Å². The van der Waals surface area contributed by atoms with Gasteiger partial charge in [0.1, 0.15) is 6.04 Å². The van der Waals surface area contributed by atoms with Gasteiger partial charge < -0.3 is 15.7 Å². The van der Waals surface area contributed by atoms with Crippen LogP contribution < -0.4 is 10.6 Å². The van der Waals surface area contributed by atoms with E-state index >= 15 is 0 Å². The third-order valence-corrected chi connectivity index (χ3v) is 2.02. The minimum atomic E-state index is -1.02. The van der Waals surface area contributed by atoms with Gasteiger partial charge in [-0.2, -0.15) is 0 Å². The normalized spacial score (nSPS) is 14.0. The lowest BCUT2D eigenvalue weighted by molar-refractivity contribution is -0.139. The lowest BCUT2D eigenvalue weighted by Crippen LogP contribution is -2.48. The molecule has 2 amide bonds. The molecule has 0 spiro atoms. The molecular weight excluding hydrogens is 208 g/mol. The molecule has 5 heteroatoms. The third kappa shape index (κ3) is 6.06. The Kier molecular flexibility index (Phi) is 6.22. The first-order valence-electron chi connectivity index (χ1n) is 5.29. The van der Waals surface area contributed by atoms with Crippen LogP contribution in [-0.2, 0) is 4.79 Å². The van der Waals surface area contributed by atoms with E-state index in [0.717, 1.165) is 0 Å². The molecule has 3 N–H and O–H groups in total. The van der Waals surface area contributed by atoms with Gasteiger partial charge in [-0.05, 0) is 19.3 Å². The van der Waals surface area contributed by atoms with Crippen molar-refractivity contribution < 1.29 is 14.7 Å². The Bertz CT molecular complexity index is 264. The van der Waals surface area contributed by atoms with Crippen LogP contribution in [0.1, 0.15) is 27.2 Å². The topological polar surface area (TPSA) is 78.4 Å². The highest BCUT2D eigenvalue weighted by Gasteiger charge is 2.21. The molecule has 0 aliphatic rings. The van der Waals surface area contributed by atoms with Crippen molar-refractivity contribution in [1.29, 1.82) is 0 Å². The van der Waals surface area contributed by atoms with Crippen LogP contribution in [0.15, 0.2) is 12.7 Å². The van der Waals surface area contributed by atoms with Crippen LogP contribution in [0, 0.1) is 5.92 Å². The molecule has 0 aromatic carbocycles. The highest BCUT2D eigenvalue weighted by atomic mass is 16.4. The van der Waals surface area contributed by atoms with E-state index in [1.54, 1.807) is 13.0 Å². The lowest BCUT2D eigenvalue weighted by Gasteiger charge is -2.18. The Labute approximate surface area is 95.9 Å². The molecule has 0 saturated heterocycles. The van der Waals surface area contributed by atoms with Crippen molar-refractivity contribution in [1.82, 2.24) is 10.6 Å². The van der Waals surface area contributed by atoms with Crippen LogP contribution in [0.4, 0.5) is 4.79 Å². The summed E-state index contributed by atoms with van der Waals surface area (Å²) in [4.78, 5) is 22.2. The molecule has 2 unspecified atom stereocenters. The number of hydrogen-bond donors (Lipinski definition) is 3. The third-order valence-electron chi connectivity index (χ3n) is 2.02. The van der Waals surface area contributed by atoms with Crippen LogP contribution >= 0.6 is 0 Å². The van der Waals surface area contributed by atoms with Gasteiger partial charge in [0.05, 0.1) is 0 Å². The molecular formula is C11H20N2O3. The Morgan fingerprint density at radius 1 is 1.31 bits per heavy atom. The zero-order valence-electron chi connectivity index (χ0n) is 9.99. The number of amides is 2. The summed E-state index contributed by atoms with van der Waals surface area (Å²) >= 11 is 0. The van der Waals surface area contributed by atoms with Gasteiger partial charge in [-0.1, -0.05) is 19.9 Å². The number of carboxylic acids is 1. The fraction of sp³-hybridized carbons (Fsp3) is 0.636. The van der Waals surface area contributed by atoms with Gasteiger partial charge in [0.25, 0.3) is 0 Å². The molecule has 0 bridgehead atoms. The van der Waals surface area contributed by atoms with Crippen molar-refractivity contribution in [3.63, 3.8) is 0 Å². The predicted molar refractivity (Wildman–Crippen MR) is 62.2 cm³/mol. The number of hydrogen-bond acceptors (Lipinski definition) is 2. The maximum Gasteiger partial charge on any atom is 0.326 e. The van der Waals surface area contributed by atoms with Gasteiger partial charge in [-0.25, -0.2) is 9.59 Å². The summed E-state index contributed by atoms with van der Waals surface area (Å²) in [5.41, 5.74) is 0. The van der Waals surface area contributed by atoms with Crippen LogP contribution in [-0.4, -0.2) is 29.2 Å². The average molecular weight is 228 g/mol. The number of carboxylic acid groups (broad SMARTS) is 1. The highest BCUT2D eigenvalue weighted by molar-refractivity contribution is 5.82. The zero-order valence-corrected chi connectivity index (χ0v) is 9.99. The first-order chi connectivity index (χ1) is 7.36. The molecule has 0 aromatic heterocycles. The largest absolute Gasteiger partial charge is 0.480 e. The molecule has 0 aliphatic carbocycles. The summed E-state index contributed by atoms with van der Waals surface area (Å²) in [5.74, 6) is -0.812. The predicted octanol–water partition coefficient (Wildman–Crippen LogP) is 1.36. The molecule has 0 saturated carbocycles. The summed E-state index contributed by atoms with van der Waals surface area (Å²) < 4.78 is 0. The fourth-order valence-electron chi connectivity index (χ4n) is 1.16. The van der Waals surface area contributed by atoms with E-state index in [0.29, 0.717) is 6.42 Å². The second-order valence-corrected chi connectivity index (χ2v) is 4.16. The van der Waals surface area contributed by atoms with Crippen LogP contribution in [0.25, 0.3) is 0 Å². The summed E-state index contributed by atoms with van der Waals surface area (Å²) in [7, 11) is 0. The fourth-order valence-corrected chi connectivity index (χ4v) is 1.16. The second kappa shape index (κ2) is 6.87. The van der Waals surface area contributed by atoms with E-state index < -0.39 is 18.0 Å². The maximum absolute atomic E-state index is 11.4. The summed E-state index contributed by atoms with van der Waals surface area (Å²) in [6.45, 7) is 9.08. The Morgan fingerprint density at radius 3 is 2.25 bits per heavy atom. The minimum Gasteiger partial charge on any atom is -0.480 e. The zero-order chi connectivity index (χ0) is 12.7. The second-order valence-electron chi connectivity index (χ2n) is 4.16. The smallest absolute Gasteiger partial charge is 0.326 e. The Morgan fingerprint density at radius 2 is 1.88 bits per heavy atom. The van der Waals surface area contributed by atoms with E-state index in [1.165, 1.54) is 0 Å². The first-order valence-corrected chi connectivity index (χ1v) is 5.29. The van der Waals surface area contributed by atoms with Gasteiger partial charge in [0.15, 0.2) is 0 Å². The Hall–Kier alpha value is -1.52. The van der Waals surface area contributed by atoms with Gasteiger partial charge in [-0.3, -0.25) is 0 Å². The van der Waals surface area contributed by atoms with Crippen molar-refractivity contribution in [3.8, 4) is 0 Å². The molecule has 92 valence electrons. The van der Waals surface area contributed by atoms with Gasteiger partial charge in [-0.15, -0.1) is 6.58 Å². The molecule has 0 aliphatic heterocycles. The summed E-state index contributed by atoms with van der Waals surface area (Å²) in [6.07, 6.45) is 1.98. The molecule has 2 atom stereocenters. The van der Waals surface area contributed by atoms with Gasteiger partial charge in [0, 0.05) is 6.04 Å². The number of rotatable bonds is 6. The van der Waals surface area contributed by atoms with Crippen molar-refractivity contribution in [2.75, 3.05) is 0 Å². The summed E-state index contributed by atoms with van der Waals surface area (Å²) in [5, 5.41) is 13.9. The standard InChI is InChI=1S/C11H20N2O3/c1-5-8(4)12-11(16)13-9(10(14)15)6-7(2)3/h5,7-9H,1,6H2,2-4H3,(H,14,15)(H2,12,13,16). The van der Waals surface area contributed by atoms with Crippen molar-refractivity contribution in [2.24, 2.45) is 5.92 Å². The lowest BCUT2D eigenvalue weighted by atomic mass is 10.0. The first kappa shape index (κ1) is 14.5. The van der Waals surface area contributed by atoms with E-state index in [9.17, 15) is 9.59 Å². The van der Waals surface area contributed by atoms with Crippen LogP contribution in [0.2, 0.25) is 0 Å². The molecule has 0 radical (unpaired) electrons. The monoisotopic (exact) mass is 228 g/mol. The number of nitrogens with one attached hydrogen (secondary N) is 2. The highest BCUT2D eigenvalue weighted by Crippen LogP contribution is 2.04. The quantitative estimate of drug-likeness (QED) is 0.601. The van der Waals surface area contributed by atoms with Gasteiger partial charge in [0.2, 0.25) is 0 Å². The number of urea groups is 1. The van der Waals surface area contributed by atoms with E-state index in [2.05, 4.69) is 17.2 Å². The molecule has 0 aromatic rings. The average Bonchev–Trinajstić information content (AvgIpc) is 2.15. The maximum atomic E-state index is 11.4. The number of carbonyl (C=O) groups is 2.